The molecule has 2 rings (SSSR count). The van der Waals surface area contributed by atoms with Gasteiger partial charge in [-0.25, -0.2) is 0 Å². The molecule has 7 nitrogen and oxygen atoms in total. The molecule has 0 aliphatic heterocycles. The standard InChI is InChI=1S/C17H19N3O4S2/c1-3-23-13-8-6-5-7-12(13)9-10-14(21)18-16-19-20-17(26-16)25-11-15(22)24-4-2/h5-10H,3-4,11H2,1-2H3,(H,18,19,21)/b10-9+. The summed E-state index contributed by atoms with van der Waals surface area (Å²) in [6.45, 7) is 4.55. The van der Waals surface area contributed by atoms with Crippen LogP contribution in [0.15, 0.2) is 34.7 Å². The van der Waals surface area contributed by atoms with Crippen LogP contribution in [0.1, 0.15) is 19.4 Å². The number of amides is 1. The molecule has 0 saturated carbocycles. The highest BCUT2D eigenvalue weighted by Gasteiger charge is 2.10. The van der Waals surface area contributed by atoms with Crippen LogP contribution in [0.3, 0.4) is 0 Å². The lowest BCUT2D eigenvalue weighted by molar-refractivity contribution is -0.139. The van der Waals surface area contributed by atoms with Crippen molar-refractivity contribution in [2.75, 3.05) is 24.3 Å². The zero-order valence-corrected chi connectivity index (χ0v) is 16.1. The van der Waals surface area contributed by atoms with Gasteiger partial charge in [-0.1, -0.05) is 41.3 Å². The van der Waals surface area contributed by atoms with Gasteiger partial charge in [0.2, 0.25) is 11.0 Å². The summed E-state index contributed by atoms with van der Waals surface area (Å²) in [7, 11) is 0. The van der Waals surface area contributed by atoms with Crippen molar-refractivity contribution in [3.63, 3.8) is 0 Å². The largest absolute Gasteiger partial charge is 0.493 e. The van der Waals surface area contributed by atoms with Crippen LogP contribution in [0, 0.1) is 0 Å². The Labute approximate surface area is 159 Å². The second kappa shape index (κ2) is 10.6. The maximum Gasteiger partial charge on any atom is 0.316 e. The monoisotopic (exact) mass is 393 g/mol. The van der Waals surface area contributed by atoms with Crippen LogP contribution >= 0.6 is 23.1 Å². The number of anilines is 1. The van der Waals surface area contributed by atoms with E-state index in [0.29, 0.717) is 28.4 Å². The van der Waals surface area contributed by atoms with Gasteiger partial charge in [-0.2, -0.15) is 0 Å². The summed E-state index contributed by atoms with van der Waals surface area (Å²) >= 11 is 2.42. The molecular weight excluding hydrogens is 374 g/mol. The minimum atomic E-state index is -0.325. The molecule has 1 aromatic carbocycles. The highest BCUT2D eigenvalue weighted by Crippen LogP contribution is 2.25. The van der Waals surface area contributed by atoms with Crippen molar-refractivity contribution < 1.29 is 19.1 Å². The van der Waals surface area contributed by atoms with E-state index >= 15 is 0 Å². The van der Waals surface area contributed by atoms with Crippen molar-refractivity contribution in [2.45, 2.75) is 18.2 Å². The molecule has 0 saturated heterocycles. The lowest BCUT2D eigenvalue weighted by Gasteiger charge is -2.05. The summed E-state index contributed by atoms with van der Waals surface area (Å²) in [4.78, 5) is 23.4. The van der Waals surface area contributed by atoms with Gasteiger partial charge in [-0.3, -0.25) is 14.9 Å². The fourth-order valence-corrected chi connectivity index (χ4v) is 3.41. The number of hydrogen-bond acceptors (Lipinski definition) is 8. The Morgan fingerprint density at radius 3 is 2.81 bits per heavy atom. The first-order chi connectivity index (χ1) is 12.6. The third-order valence-electron chi connectivity index (χ3n) is 2.89. The Hall–Kier alpha value is -2.39. The molecule has 2 aromatic rings. The number of thioether (sulfide) groups is 1. The lowest BCUT2D eigenvalue weighted by Crippen LogP contribution is -2.07. The zero-order valence-electron chi connectivity index (χ0n) is 14.4. The number of carbonyl (C=O) groups is 2. The van der Waals surface area contributed by atoms with Crippen LogP contribution in [0.25, 0.3) is 6.08 Å². The first-order valence-electron chi connectivity index (χ1n) is 7.95. The molecule has 0 aliphatic rings. The van der Waals surface area contributed by atoms with Gasteiger partial charge >= 0.3 is 5.97 Å². The maximum absolute atomic E-state index is 12.0. The van der Waals surface area contributed by atoms with Gasteiger partial charge in [-0.15, -0.1) is 10.2 Å². The molecule has 1 heterocycles. The first kappa shape index (κ1) is 19.9. The van der Waals surface area contributed by atoms with Crippen LogP contribution < -0.4 is 10.1 Å². The average molecular weight is 393 g/mol. The summed E-state index contributed by atoms with van der Waals surface area (Å²) < 4.78 is 10.9. The van der Waals surface area contributed by atoms with Gasteiger partial charge in [0.05, 0.1) is 19.0 Å². The molecule has 0 spiro atoms. The molecular formula is C17H19N3O4S2. The number of aromatic nitrogens is 2. The summed E-state index contributed by atoms with van der Waals surface area (Å²) in [6.07, 6.45) is 3.09. The SMILES string of the molecule is CCOC(=O)CSc1nnc(NC(=O)/C=C/c2ccccc2OCC)s1. The highest BCUT2D eigenvalue weighted by atomic mass is 32.2. The molecule has 0 unspecified atom stereocenters. The second-order valence-corrected chi connectivity index (χ2v) is 6.96. The van der Waals surface area contributed by atoms with E-state index < -0.39 is 0 Å². The van der Waals surface area contributed by atoms with E-state index in [-0.39, 0.29) is 17.6 Å². The molecule has 1 N–H and O–H groups in total. The number of carbonyl (C=O) groups excluding carboxylic acids is 2. The van der Waals surface area contributed by atoms with Gasteiger partial charge in [-0.05, 0) is 26.0 Å². The predicted octanol–water partition coefficient (Wildman–Crippen LogP) is 3.24. The number of nitrogens with one attached hydrogen (secondary N) is 1. The van der Waals surface area contributed by atoms with Gasteiger partial charge < -0.3 is 9.47 Å². The Balaban J connectivity index is 1.89. The Morgan fingerprint density at radius 2 is 2.04 bits per heavy atom. The van der Waals surface area contributed by atoms with Crippen LogP contribution in [-0.4, -0.2) is 41.0 Å². The van der Waals surface area contributed by atoms with E-state index in [1.54, 1.807) is 13.0 Å². The van der Waals surface area contributed by atoms with Gasteiger partial charge in [0.15, 0.2) is 4.34 Å². The first-order valence-corrected chi connectivity index (χ1v) is 9.75. The van der Waals surface area contributed by atoms with E-state index in [2.05, 4.69) is 15.5 Å². The molecule has 9 heteroatoms. The number of rotatable bonds is 9. The molecule has 138 valence electrons. The molecule has 0 aliphatic carbocycles. The fourth-order valence-electron chi connectivity index (χ4n) is 1.86. The number of esters is 1. The van der Waals surface area contributed by atoms with Crippen LogP contribution in [-0.2, 0) is 14.3 Å². The molecule has 0 fully saturated rings. The number of ether oxygens (including phenoxy) is 2. The van der Waals surface area contributed by atoms with E-state index in [9.17, 15) is 9.59 Å². The summed E-state index contributed by atoms with van der Waals surface area (Å²) in [6, 6.07) is 7.46. The molecule has 1 aromatic heterocycles. The van der Waals surface area contributed by atoms with Crippen LogP contribution in [0.5, 0.6) is 5.75 Å². The number of para-hydroxylation sites is 1. The van der Waals surface area contributed by atoms with E-state index in [0.717, 1.165) is 5.56 Å². The van der Waals surface area contributed by atoms with Crippen LogP contribution in [0.4, 0.5) is 5.13 Å². The van der Waals surface area contributed by atoms with Gasteiger partial charge in [0, 0.05) is 11.6 Å². The molecule has 0 bridgehead atoms. The second-order valence-electron chi connectivity index (χ2n) is 4.76. The summed E-state index contributed by atoms with van der Waals surface area (Å²) in [5.41, 5.74) is 0.812. The summed E-state index contributed by atoms with van der Waals surface area (Å²) in [5, 5.41) is 10.8. The third-order valence-corrected chi connectivity index (χ3v) is 4.83. The van der Waals surface area contributed by atoms with Crippen LogP contribution in [0.2, 0.25) is 0 Å². The minimum Gasteiger partial charge on any atom is -0.493 e. The normalized spacial score (nSPS) is 10.7. The Kier molecular flexibility index (Phi) is 8.10. The molecule has 1 amide bonds. The van der Waals surface area contributed by atoms with E-state index in [1.807, 2.05) is 31.2 Å². The van der Waals surface area contributed by atoms with Crippen molar-refractivity contribution in [1.82, 2.24) is 10.2 Å². The van der Waals surface area contributed by atoms with Crippen molar-refractivity contribution in [1.29, 1.82) is 0 Å². The topological polar surface area (TPSA) is 90.4 Å². The van der Waals surface area contributed by atoms with Crippen molar-refractivity contribution >= 4 is 46.2 Å². The molecule has 26 heavy (non-hydrogen) atoms. The third kappa shape index (κ3) is 6.49. The Bertz CT molecular complexity index is 777. The Morgan fingerprint density at radius 1 is 1.23 bits per heavy atom. The number of nitrogens with zero attached hydrogens (tertiary/aromatic N) is 2. The highest BCUT2D eigenvalue weighted by molar-refractivity contribution is 8.01. The van der Waals surface area contributed by atoms with Crippen molar-refractivity contribution in [3.05, 3.63) is 35.9 Å². The smallest absolute Gasteiger partial charge is 0.316 e. The van der Waals surface area contributed by atoms with Crippen molar-refractivity contribution in [3.8, 4) is 5.75 Å². The zero-order chi connectivity index (χ0) is 18.8. The van der Waals surface area contributed by atoms with Gasteiger partial charge in [0.1, 0.15) is 5.75 Å². The average Bonchev–Trinajstić information content (AvgIpc) is 3.07. The number of hydrogen-bond donors (Lipinski definition) is 1. The van der Waals surface area contributed by atoms with E-state index in [4.69, 9.17) is 9.47 Å². The molecule has 0 radical (unpaired) electrons. The summed E-state index contributed by atoms with van der Waals surface area (Å²) in [5.74, 6) is 0.237. The van der Waals surface area contributed by atoms with E-state index in [1.165, 1.54) is 29.2 Å². The minimum absolute atomic E-state index is 0.157. The van der Waals surface area contributed by atoms with Gasteiger partial charge in [0.25, 0.3) is 0 Å². The van der Waals surface area contributed by atoms with Crippen molar-refractivity contribution in [2.24, 2.45) is 0 Å². The maximum atomic E-state index is 12.0. The number of benzene rings is 1. The lowest BCUT2D eigenvalue weighted by atomic mass is 10.2. The molecule has 0 atom stereocenters. The predicted molar refractivity (Wildman–Crippen MR) is 103 cm³/mol. The fraction of sp³-hybridized carbons (Fsp3) is 0.294. The quantitative estimate of drug-likeness (QED) is 0.303.